The maximum atomic E-state index is 11.3. The maximum absolute atomic E-state index is 11.3. The van der Waals surface area contributed by atoms with Gasteiger partial charge in [0.05, 0.1) is 0 Å². The third kappa shape index (κ3) is 7.21. The quantitative estimate of drug-likeness (QED) is 0.355. The lowest BCUT2D eigenvalue weighted by atomic mass is 10.8. The lowest BCUT2D eigenvalue weighted by molar-refractivity contribution is -0.160. The summed E-state index contributed by atoms with van der Waals surface area (Å²) in [6.45, 7) is 1.38. The molecule has 0 aliphatic carbocycles. The van der Waals surface area contributed by atoms with Gasteiger partial charge in [-0.1, -0.05) is 0 Å². The second kappa shape index (κ2) is 6.06. The molecule has 0 radical (unpaired) electrons. The van der Waals surface area contributed by atoms with Crippen LogP contribution < -0.4 is 0 Å². The third-order valence-electron chi connectivity index (χ3n) is 0.875. The van der Waals surface area contributed by atoms with Gasteiger partial charge in [0.2, 0.25) is 0 Å². The summed E-state index contributed by atoms with van der Waals surface area (Å²) in [5, 5.41) is 0. The lowest BCUT2D eigenvalue weighted by Crippen LogP contribution is -2.11. The molecule has 1 atom stereocenters. The number of rotatable bonds is 5. The van der Waals surface area contributed by atoms with Gasteiger partial charge in [-0.05, 0) is 6.92 Å². The standard InChI is InChI=1S/C6H10F2O3/c1-5(9-2)11-4-10-3-6(7)8/h3,5H,4H2,1-2H3. The monoisotopic (exact) mass is 168 g/mol. The van der Waals surface area contributed by atoms with Gasteiger partial charge in [0.15, 0.2) is 19.3 Å². The van der Waals surface area contributed by atoms with Crippen molar-refractivity contribution in [1.29, 1.82) is 0 Å². The predicted octanol–water partition coefficient (Wildman–Crippen LogP) is 1.71. The molecule has 0 amide bonds. The van der Waals surface area contributed by atoms with E-state index in [9.17, 15) is 8.78 Å². The summed E-state index contributed by atoms with van der Waals surface area (Å²) in [6, 6.07) is 0. The maximum Gasteiger partial charge on any atom is 0.304 e. The molecule has 0 spiro atoms. The van der Waals surface area contributed by atoms with E-state index in [1.165, 1.54) is 7.11 Å². The first kappa shape index (κ1) is 10.3. The molecule has 0 heterocycles. The summed E-state index contributed by atoms with van der Waals surface area (Å²) < 4.78 is 36.2. The van der Waals surface area contributed by atoms with Crippen molar-refractivity contribution in [2.45, 2.75) is 13.2 Å². The molecule has 66 valence electrons. The van der Waals surface area contributed by atoms with Gasteiger partial charge in [-0.15, -0.1) is 0 Å². The van der Waals surface area contributed by atoms with Gasteiger partial charge in [0, 0.05) is 7.11 Å². The van der Waals surface area contributed by atoms with Crippen LogP contribution in [0.5, 0.6) is 0 Å². The van der Waals surface area contributed by atoms with Gasteiger partial charge < -0.3 is 14.2 Å². The van der Waals surface area contributed by atoms with E-state index in [0.717, 1.165) is 0 Å². The normalized spacial score (nSPS) is 12.4. The highest BCUT2D eigenvalue weighted by Gasteiger charge is 1.96. The summed E-state index contributed by atoms with van der Waals surface area (Å²) in [6.07, 6.45) is -2.02. The minimum atomic E-state index is -1.89. The van der Waals surface area contributed by atoms with Crippen molar-refractivity contribution in [3.63, 3.8) is 0 Å². The van der Waals surface area contributed by atoms with Gasteiger partial charge in [0.25, 0.3) is 0 Å². The minimum absolute atomic E-state index is 0.244. The summed E-state index contributed by atoms with van der Waals surface area (Å²) in [4.78, 5) is 0. The van der Waals surface area contributed by atoms with E-state index in [4.69, 9.17) is 4.74 Å². The van der Waals surface area contributed by atoms with Crippen molar-refractivity contribution in [3.8, 4) is 0 Å². The first-order chi connectivity index (χ1) is 5.16. The zero-order valence-electron chi connectivity index (χ0n) is 6.34. The van der Waals surface area contributed by atoms with E-state index in [1.54, 1.807) is 6.92 Å². The molecule has 0 aliphatic heterocycles. The fourth-order valence-corrected chi connectivity index (χ4v) is 0.300. The van der Waals surface area contributed by atoms with Gasteiger partial charge in [-0.3, -0.25) is 0 Å². The Hall–Kier alpha value is -0.680. The molecule has 0 aromatic carbocycles. The van der Waals surface area contributed by atoms with Crippen molar-refractivity contribution in [3.05, 3.63) is 12.3 Å². The zero-order chi connectivity index (χ0) is 8.69. The van der Waals surface area contributed by atoms with Crippen LogP contribution in [0.15, 0.2) is 12.3 Å². The molecule has 5 heteroatoms. The number of ether oxygens (including phenoxy) is 3. The first-order valence-corrected chi connectivity index (χ1v) is 2.94. The van der Waals surface area contributed by atoms with Crippen molar-refractivity contribution < 1.29 is 23.0 Å². The van der Waals surface area contributed by atoms with Crippen LogP contribution >= 0.6 is 0 Å². The second-order valence-electron chi connectivity index (χ2n) is 1.66. The molecule has 0 N–H and O–H groups in total. The van der Waals surface area contributed by atoms with Crippen LogP contribution in [0.1, 0.15) is 6.92 Å². The van der Waals surface area contributed by atoms with Crippen LogP contribution in [0.3, 0.4) is 0 Å². The molecule has 11 heavy (non-hydrogen) atoms. The van der Waals surface area contributed by atoms with Crippen molar-refractivity contribution >= 4 is 0 Å². The number of halogens is 2. The molecule has 1 unspecified atom stereocenters. The number of hydrogen-bond donors (Lipinski definition) is 0. The molecule has 0 aromatic heterocycles. The number of hydrogen-bond acceptors (Lipinski definition) is 3. The van der Waals surface area contributed by atoms with Crippen molar-refractivity contribution in [2.75, 3.05) is 13.9 Å². The zero-order valence-corrected chi connectivity index (χ0v) is 6.34. The smallest absolute Gasteiger partial charge is 0.304 e. The summed E-state index contributed by atoms with van der Waals surface area (Å²) in [7, 11) is 1.44. The van der Waals surface area contributed by atoms with Gasteiger partial charge >= 0.3 is 6.08 Å². The van der Waals surface area contributed by atoms with Crippen LogP contribution in [0.4, 0.5) is 8.78 Å². The van der Waals surface area contributed by atoms with Gasteiger partial charge in [-0.25, -0.2) is 0 Å². The van der Waals surface area contributed by atoms with E-state index < -0.39 is 12.4 Å². The van der Waals surface area contributed by atoms with Crippen LogP contribution in [-0.2, 0) is 14.2 Å². The molecular weight excluding hydrogens is 158 g/mol. The Balaban J connectivity index is 3.21. The topological polar surface area (TPSA) is 27.7 Å². The van der Waals surface area contributed by atoms with Crippen LogP contribution in [0.25, 0.3) is 0 Å². The summed E-state index contributed by atoms with van der Waals surface area (Å²) in [5.41, 5.74) is 0. The molecule has 0 aliphatic rings. The second-order valence-corrected chi connectivity index (χ2v) is 1.66. The van der Waals surface area contributed by atoms with Crippen molar-refractivity contribution in [1.82, 2.24) is 0 Å². The van der Waals surface area contributed by atoms with E-state index in [2.05, 4.69) is 9.47 Å². The Kier molecular flexibility index (Phi) is 5.68. The Labute approximate surface area is 63.5 Å². The summed E-state index contributed by atoms with van der Waals surface area (Å²) >= 11 is 0. The van der Waals surface area contributed by atoms with E-state index in [1.807, 2.05) is 0 Å². The molecule has 0 aromatic rings. The highest BCUT2D eigenvalue weighted by Crippen LogP contribution is 1.97. The molecule has 0 bridgehead atoms. The Bertz CT molecular complexity index is 123. The third-order valence-corrected chi connectivity index (χ3v) is 0.875. The molecule has 0 rings (SSSR count). The fourth-order valence-electron chi connectivity index (χ4n) is 0.300. The van der Waals surface area contributed by atoms with Gasteiger partial charge in [-0.2, -0.15) is 8.78 Å². The average molecular weight is 168 g/mol. The fraction of sp³-hybridized carbons (Fsp3) is 0.667. The highest BCUT2D eigenvalue weighted by atomic mass is 19.3. The lowest BCUT2D eigenvalue weighted by Gasteiger charge is -2.09. The Morgan fingerprint density at radius 3 is 2.64 bits per heavy atom. The van der Waals surface area contributed by atoms with Crippen molar-refractivity contribution in [2.24, 2.45) is 0 Å². The Morgan fingerprint density at radius 2 is 2.18 bits per heavy atom. The van der Waals surface area contributed by atoms with Gasteiger partial charge in [0.1, 0.15) is 0 Å². The van der Waals surface area contributed by atoms with E-state index >= 15 is 0 Å². The molecule has 0 fully saturated rings. The first-order valence-electron chi connectivity index (χ1n) is 2.94. The average Bonchev–Trinajstić information content (AvgIpc) is 1.97. The SMILES string of the molecule is COC(C)OCOC=C(F)F. The molecule has 3 nitrogen and oxygen atoms in total. The minimum Gasteiger partial charge on any atom is -0.469 e. The van der Waals surface area contributed by atoms with Crippen LogP contribution in [0.2, 0.25) is 0 Å². The predicted molar refractivity (Wildman–Crippen MR) is 33.8 cm³/mol. The van der Waals surface area contributed by atoms with E-state index in [0.29, 0.717) is 6.26 Å². The Morgan fingerprint density at radius 1 is 1.55 bits per heavy atom. The van der Waals surface area contributed by atoms with Crippen LogP contribution in [-0.4, -0.2) is 20.2 Å². The summed E-state index contributed by atoms with van der Waals surface area (Å²) in [5.74, 6) is 0. The highest BCUT2D eigenvalue weighted by molar-refractivity contribution is 4.68. The van der Waals surface area contributed by atoms with Crippen LogP contribution in [0, 0.1) is 0 Å². The molecule has 0 saturated heterocycles. The molecular formula is C6H10F2O3. The number of methoxy groups -OCH3 is 1. The van der Waals surface area contributed by atoms with E-state index in [-0.39, 0.29) is 6.79 Å². The molecule has 0 saturated carbocycles. The largest absolute Gasteiger partial charge is 0.469 e.